The van der Waals surface area contributed by atoms with Crippen LogP contribution >= 0.6 is 0 Å². The summed E-state index contributed by atoms with van der Waals surface area (Å²) in [5.41, 5.74) is 0.497. The molecule has 1 N–H and O–H groups in total. The Balaban J connectivity index is 1.72. The van der Waals surface area contributed by atoms with Gasteiger partial charge in [0.15, 0.2) is 5.69 Å². The standard InChI is InChI=1S/C17H11F3N4O4/c18-17(19,20)28-14-3-1-2-11(10-14)21-16(25)15-8-9-23(22-15)12-4-6-13(7-5-12)24(26)27/h1-10H,(H,21,25). The molecule has 0 radical (unpaired) electrons. The highest BCUT2D eigenvalue weighted by Gasteiger charge is 2.31. The second-order valence-corrected chi connectivity index (χ2v) is 5.45. The number of anilines is 1. The van der Waals surface area contributed by atoms with Crippen LogP contribution in [0.5, 0.6) is 5.75 Å². The first-order chi connectivity index (χ1) is 13.2. The number of nitro benzene ring substituents is 1. The Morgan fingerprint density at radius 3 is 2.50 bits per heavy atom. The minimum absolute atomic E-state index is 0.000459. The van der Waals surface area contributed by atoms with Gasteiger partial charge in [-0.1, -0.05) is 6.07 Å². The lowest BCUT2D eigenvalue weighted by molar-refractivity contribution is -0.384. The first kappa shape index (κ1) is 18.9. The molecule has 0 saturated heterocycles. The molecule has 11 heteroatoms. The van der Waals surface area contributed by atoms with E-state index in [0.29, 0.717) is 5.69 Å². The molecular formula is C17H11F3N4O4. The normalized spacial score (nSPS) is 11.1. The van der Waals surface area contributed by atoms with Crippen molar-refractivity contribution in [2.24, 2.45) is 0 Å². The van der Waals surface area contributed by atoms with E-state index < -0.39 is 22.9 Å². The van der Waals surface area contributed by atoms with E-state index in [0.717, 1.165) is 12.1 Å². The summed E-state index contributed by atoms with van der Waals surface area (Å²) in [6, 6.07) is 11.7. The van der Waals surface area contributed by atoms with Crippen molar-refractivity contribution in [3.8, 4) is 11.4 Å². The van der Waals surface area contributed by atoms with Gasteiger partial charge in [-0.05, 0) is 30.3 Å². The van der Waals surface area contributed by atoms with Crippen LogP contribution in [0, 0.1) is 10.1 Å². The molecule has 8 nitrogen and oxygen atoms in total. The van der Waals surface area contributed by atoms with Crippen LogP contribution < -0.4 is 10.1 Å². The van der Waals surface area contributed by atoms with Crippen molar-refractivity contribution in [2.45, 2.75) is 6.36 Å². The molecule has 0 aliphatic heterocycles. The maximum Gasteiger partial charge on any atom is 0.573 e. The lowest BCUT2D eigenvalue weighted by Crippen LogP contribution is -2.17. The molecule has 3 rings (SSSR count). The predicted octanol–water partition coefficient (Wildman–Crippen LogP) is 3.93. The van der Waals surface area contributed by atoms with Gasteiger partial charge in [-0.2, -0.15) is 5.10 Å². The van der Waals surface area contributed by atoms with Crippen molar-refractivity contribution in [2.75, 3.05) is 5.32 Å². The minimum atomic E-state index is -4.84. The Hall–Kier alpha value is -3.89. The average Bonchev–Trinajstić information content (AvgIpc) is 3.11. The molecule has 0 atom stereocenters. The average molecular weight is 392 g/mol. The number of alkyl halides is 3. The molecule has 0 aliphatic rings. The fraction of sp³-hybridized carbons (Fsp3) is 0.0588. The first-order valence-corrected chi connectivity index (χ1v) is 7.69. The van der Waals surface area contributed by atoms with Crippen LogP contribution in [-0.4, -0.2) is 27.0 Å². The van der Waals surface area contributed by atoms with E-state index in [-0.39, 0.29) is 17.1 Å². The van der Waals surface area contributed by atoms with Gasteiger partial charge in [0.05, 0.1) is 10.6 Å². The molecule has 0 fully saturated rings. The predicted molar refractivity (Wildman–Crippen MR) is 91.3 cm³/mol. The highest BCUT2D eigenvalue weighted by molar-refractivity contribution is 6.02. The van der Waals surface area contributed by atoms with Gasteiger partial charge in [0.1, 0.15) is 5.75 Å². The number of nitrogens with zero attached hydrogens (tertiary/aromatic N) is 3. The number of carbonyl (C=O) groups excluding carboxylic acids is 1. The lowest BCUT2D eigenvalue weighted by Gasteiger charge is -2.10. The highest BCUT2D eigenvalue weighted by atomic mass is 19.4. The van der Waals surface area contributed by atoms with Crippen LogP contribution in [0.3, 0.4) is 0 Å². The van der Waals surface area contributed by atoms with E-state index in [9.17, 15) is 28.1 Å². The van der Waals surface area contributed by atoms with Crippen molar-refractivity contribution in [3.05, 3.63) is 76.6 Å². The number of ether oxygens (including phenoxy) is 1. The summed E-state index contributed by atoms with van der Waals surface area (Å²) >= 11 is 0. The molecule has 28 heavy (non-hydrogen) atoms. The maximum absolute atomic E-state index is 12.3. The van der Waals surface area contributed by atoms with Gasteiger partial charge in [-0.15, -0.1) is 13.2 Å². The third kappa shape index (κ3) is 4.63. The lowest BCUT2D eigenvalue weighted by atomic mass is 10.3. The maximum atomic E-state index is 12.3. The van der Waals surface area contributed by atoms with E-state index in [1.807, 2.05) is 0 Å². The number of halogens is 3. The molecule has 0 unspecified atom stereocenters. The fourth-order valence-corrected chi connectivity index (χ4v) is 2.28. The number of nitro groups is 1. The molecule has 0 aliphatic carbocycles. The van der Waals surface area contributed by atoms with Gasteiger partial charge in [-0.25, -0.2) is 4.68 Å². The minimum Gasteiger partial charge on any atom is -0.406 e. The molecule has 0 saturated carbocycles. The Kier molecular flexibility index (Phi) is 4.98. The largest absolute Gasteiger partial charge is 0.573 e. The number of rotatable bonds is 5. The van der Waals surface area contributed by atoms with Gasteiger partial charge in [-0.3, -0.25) is 14.9 Å². The third-order valence-corrected chi connectivity index (χ3v) is 3.47. The first-order valence-electron chi connectivity index (χ1n) is 7.69. The number of hydrogen-bond donors (Lipinski definition) is 1. The van der Waals surface area contributed by atoms with Crippen LogP contribution in [0.25, 0.3) is 5.69 Å². The molecule has 1 heterocycles. The quantitative estimate of drug-likeness (QED) is 0.524. The second-order valence-electron chi connectivity index (χ2n) is 5.45. The van der Waals surface area contributed by atoms with E-state index in [4.69, 9.17) is 0 Å². The number of amides is 1. The molecule has 0 spiro atoms. The van der Waals surface area contributed by atoms with Crippen LogP contribution in [0.2, 0.25) is 0 Å². The molecule has 3 aromatic rings. The summed E-state index contributed by atoms with van der Waals surface area (Å²) in [5, 5.41) is 17.2. The zero-order chi connectivity index (χ0) is 20.3. The monoisotopic (exact) mass is 392 g/mol. The molecule has 1 aromatic heterocycles. The summed E-state index contributed by atoms with van der Waals surface area (Å²) in [7, 11) is 0. The van der Waals surface area contributed by atoms with Gasteiger partial charge < -0.3 is 10.1 Å². The summed E-state index contributed by atoms with van der Waals surface area (Å²) in [5.74, 6) is -1.12. The van der Waals surface area contributed by atoms with Crippen LogP contribution in [0.4, 0.5) is 24.5 Å². The Morgan fingerprint density at radius 1 is 1.14 bits per heavy atom. The Morgan fingerprint density at radius 2 is 1.86 bits per heavy atom. The van der Waals surface area contributed by atoms with Gasteiger partial charge >= 0.3 is 6.36 Å². The number of benzene rings is 2. The van der Waals surface area contributed by atoms with Crippen molar-refractivity contribution >= 4 is 17.3 Å². The van der Waals surface area contributed by atoms with Crippen molar-refractivity contribution in [1.29, 1.82) is 0 Å². The van der Waals surface area contributed by atoms with Gasteiger partial charge in [0.2, 0.25) is 0 Å². The summed E-state index contributed by atoms with van der Waals surface area (Å²) in [6.07, 6.45) is -3.37. The summed E-state index contributed by atoms with van der Waals surface area (Å²) in [6.45, 7) is 0. The topological polar surface area (TPSA) is 99.3 Å². The SMILES string of the molecule is O=C(Nc1cccc(OC(F)(F)F)c1)c1ccn(-c2ccc([N+](=O)[O-])cc2)n1. The fourth-order valence-electron chi connectivity index (χ4n) is 2.28. The van der Waals surface area contributed by atoms with Gasteiger partial charge in [0.25, 0.3) is 11.6 Å². The van der Waals surface area contributed by atoms with E-state index in [2.05, 4.69) is 15.2 Å². The number of aromatic nitrogens is 2. The van der Waals surface area contributed by atoms with Crippen molar-refractivity contribution in [3.63, 3.8) is 0 Å². The van der Waals surface area contributed by atoms with E-state index in [1.54, 1.807) is 0 Å². The second kappa shape index (κ2) is 7.39. The van der Waals surface area contributed by atoms with E-state index >= 15 is 0 Å². The highest BCUT2D eigenvalue weighted by Crippen LogP contribution is 2.25. The smallest absolute Gasteiger partial charge is 0.406 e. The third-order valence-electron chi connectivity index (χ3n) is 3.47. The number of hydrogen-bond acceptors (Lipinski definition) is 5. The Labute approximate surface area is 155 Å². The van der Waals surface area contributed by atoms with Crippen LogP contribution in [0.15, 0.2) is 60.8 Å². The van der Waals surface area contributed by atoms with Crippen molar-refractivity contribution < 1.29 is 27.6 Å². The zero-order valence-corrected chi connectivity index (χ0v) is 13.9. The zero-order valence-electron chi connectivity index (χ0n) is 13.9. The molecule has 0 bridgehead atoms. The molecule has 144 valence electrons. The number of nitrogens with one attached hydrogen (secondary N) is 1. The number of non-ortho nitro benzene ring substituents is 1. The van der Waals surface area contributed by atoms with Crippen LogP contribution in [-0.2, 0) is 0 Å². The molecular weight excluding hydrogens is 381 g/mol. The van der Waals surface area contributed by atoms with E-state index in [1.165, 1.54) is 53.3 Å². The summed E-state index contributed by atoms with van der Waals surface area (Å²) in [4.78, 5) is 22.4. The van der Waals surface area contributed by atoms with Crippen LogP contribution in [0.1, 0.15) is 10.5 Å². The van der Waals surface area contributed by atoms with Gasteiger partial charge in [0, 0.05) is 30.1 Å². The summed E-state index contributed by atoms with van der Waals surface area (Å²) < 4.78 is 42.0. The molecule has 2 aromatic carbocycles. The number of carbonyl (C=O) groups is 1. The molecule has 1 amide bonds. The Bertz CT molecular complexity index is 1020. The van der Waals surface area contributed by atoms with Crippen molar-refractivity contribution in [1.82, 2.24) is 9.78 Å².